The van der Waals surface area contributed by atoms with E-state index in [0.29, 0.717) is 54.2 Å². The van der Waals surface area contributed by atoms with Gasteiger partial charge in [0.05, 0.1) is 5.69 Å². The van der Waals surface area contributed by atoms with Crippen LogP contribution in [-0.4, -0.2) is 49.9 Å². The lowest BCUT2D eigenvalue weighted by atomic mass is 9.97. The first kappa shape index (κ1) is 21.4. The van der Waals surface area contributed by atoms with Crippen molar-refractivity contribution >= 4 is 43.7 Å². The van der Waals surface area contributed by atoms with Gasteiger partial charge in [0, 0.05) is 30.0 Å². The molecule has 0 unspecified atom stereocenters. The highest BCUT2D eigenvalue weighted by molar-refractivity contribution is 7.91. The summed E-state index contributed by atoms with van der Waals surface area (Å²) < 4.78 is 38.3. The van der Waals surface area contributed by atoms with E-state index < -0.39 is 10.0 Å². The number of nitrogens with zero attached hydrogens (tertiary/aromatic N) is 2. The summed E-state index contributed by atoms with van der Waals surface area (Å²) in [7, 11) is -3.47. The first-order valence-corrected chi connectivity index (χ1v) is 13.4. The van der Waals surface area contributed by atoms with Crippen LogP contribution in [0, 0.1) is 5.92 Å². The predicted octanol–water partition coefficient (Wildman–Crippen LogP) is 3.68. The largest absolute Gasteiger partial charge is 0.486 e. The van der Waals surface area contributed by atoms with Crippen LogP contribution in [0.5, 0.6) is 11.5 Å². The number of fused-ring (bicyclic) bond motifs is 1. The molecule has 2 aliphatic heterocycles. The van der Waals surface area contributed by atoms with E-state index >= 15 is 0 Å². The third-order valence-corrected chi connectivity index (χ3v) is 9.52. The van der Waals surface area contributed by atoms with E-state index in [9.17, 15) is 13.2 Å². The molecule has 2 aromatic heterocycles. The zero-order valence-corrected chi connectivity index (χ0v) is 19.5. The second-order valence-electron chi connectivity index (χ2n) is 7.50. The number of piperidine rings is 1. The van der Waals surface area contributed by atoms with Gasteiger partial charge in [-0.05, 0) is 42.5 Å². The summed E-state index contributed by atoms with van der Waals surface area (Å²) in [5, 5.41) is 7.05. The number of thiazole rings is 1. The molecule has 0 bridgehead atoms. The molecular formula is C21H21N3O5S3. The van der Waals surface area contributed by atoms with Crippen LogP contribution >= 0.6 is 22.7 Å². The summed E-state index contributed by atoms with van der Waals surface area (Å²) in [4.78, 5) is 17.3. The summed E-state index contributed by atoms with van der Waals surface area (Å²) in [6.07, 6.45) is 0.966. The molecule has 4 heterocycles. The predicted molar refractivity (Wildman–Crippen MR) is 123 cm³/mol. The fraction of sp³-hybridized carbons (Fsp3) is 0.333. The van der Waals surface area contributed by atoms with Crippen molar-refractivity contribution in [3.8, 4) is 22.8 Å². The average Bonchev–Trinajstić information content (AvgIpc) is 3.52. The highest BCUT2D eigenvalue weighted by Crippen LogP contribution is 2.35. The van der Waals surface area contributed by atoms with Crippen LogP contribution in [0.3, 0.4) is 0 Å². The smallest absolute Gasteiger partial charge is 0.252 e. The Balaban J connectivity index is 1.20. The molecule has 0 aliphatic carbocycles. The van der Waals surface area contributed by atoms with E-state index in [0.717, 1.165) is 17.0 Å². The second-order valence-corrected chi connectivity index (χ2v) is 11.5. The van der Waals surface area contributed by atoms with Gasteiger partial charge in [-0.25, -0.2) is 13.4 Å². The standard InChI is InChI=1S/C21H21N3O5S3/c25-20(14-5-7-24(8-6-14)32(26,27)19-2-1-11-30-19)23-21-22-16(13-31-21)15-3-4-17-18(12-15)29-10-9-28-17/h1-4,11-14H,5-10H2,(H,22,23,25). The Labute approximate surface area is 193 Å². The van der Waals surface area contributed by atoms with Crippen molar-refractivity contribution in [2.75, 3.05) is 31.6 Å². The van der Waals surface area contributed by atoms with E-state index in [4.69, 9.17) is 9.47 Å². The van der Waals surface area contributed by atoms with Crippen molar-refractivity contribution in [1.82, 2.24) is 9.29 Å². The van der Waals surface area contributed by atoms with Gasteiger partial charge in [0.15, 0.2) is 16.6 Å². The van der Waals surface area contributed by atoms with Crippen LogP contribution in [-0.2, 0) is 14.8 Å². The van der Waals surface area contributed by atoms with E-state index in [1.807, 2.05) is 23.6 Å². The van der Waals surface area contributed by atoms with Gasteiger partial charge >= 0.3 is 0 Å². The molecule has 8 nitrogen and oxygen atoms in total. The molecule has 1 saturated heterocycles. The van der Waals surface area contributed by atoms with Gasteiger partial charge in [-0.1, -0.05) is 6.07 Å². The van der Waals surface area contributed by atoms with Gasteiger partial charge in [-0.3, -0.25) is 4.79 Å². The van der Waals surface area contributed by atoms with Gasteiger partial charge < -0.3 is 14.8 Å². The number of benzene rings is 1. The molecule has 3 aromatic rings. The number of rotatable bonds is 5. The molecule has 32 heavy (non-hydrogen) atoms. The van der Waals surface area contributed by atoms with Gasteiger partial charge in [0.1, 0.15) is 17.4 Å². The Bertz CT molecular complexity index is 1220. The molecule has 1 amide bonds. The number of nitrogens with one attached hydrogen (secondary N) is 1. The van der Waals surface area contributed by atoms with Crippen molar-refractivity contribution in [3.05, 3.63) is 41.1 Å². The lowest BCUT2D eigenvalue weighted by Gasteiger charge is -2.29. The summed E-state index contributed by atoms with van der Waals surface area (Å²) in [6.45, 7) is 1.72. The van der Waals surface area contributed by atoms with Crippen molar-refractivity contribution in [1.29, 1.82) is 0 Å². The lowest BCUT2D eigenvalue weighted by Crippen LogP contribution is -2.41. The molecule has 11 heteroatoms. The summed E-state index contributed by atoms with van der Waals surface area (Å²) in [6, 6.07) is 9.00. The van der Waals surface area contributed by atoms with Crippen LogP contribution < -0.4 is 14.8 Å². The number of ether oxygens (including phenoxy) is 2. The highest BCUT2D eigenvalue weighted by Gasteiger charge is 2.32. The number of anilines is 1. The van der Waals surface area contributed by atoms with Crippen LogP contribution in [0.1, 0.15) is 12.8 Å². The lowest BCUT2D eigenvalue weighted by molar-refractivity contribution is -0.120. The molecule has 1 fully saturated rings. The Kier molecular flexibility index (Phi) is 5.89. The minimum absolute atomic E-state index is 0.124. The summed E-state index contributed by atoms with van der Waals surface area (Å²) in [5.74, 6) is 1.04. The van der Waals surface area contributed by atoms with Crippen LogP contribution in [0.2, 0.25) is 0 Å². The molecule has 168 valence electrons. The monoisotopic (exact) mass is 491 g/mol. The topological polar surface area (TPSA) is 97.8 Å². The van der Waals surface area contributed by atoms with E-state index in [1.165, 1.54) is 27.0 Å². The van der Waals surface area contributed by atoms with Crippen LogP contribution in [0.4, 0.5) is 5.13 Å². The number of sulfonamides is 1. The van der Waals surface area contributed by atoms with Crippen molar-refractivity contribution < 1.29 is 22.7 Å². The molecular weight excluding hydrogens is 470 g/mol. The fourth-order valence-electron chi connectivity index (χ4n) is 3.77. The highest BCUT2D eigenvalue weighted by atomic mass is 32.2. The zero-order valence-electron chi connectivity index (χ0n) is 17.0. The summed E-state index contributed by atoms with van der Waals surface area (Å²) in [5.41, 5.74) is 1.64. The maximum Gasteiger partial charge on any atom is 0.252 e. The van der Waals surface area contributed by atoms with E-state index in [-0.39, 0.29) is 11.8 Å². The number of aromatic nitrogens is 1. The Morgan fingerprint density at radius 3 is 2.62 bits per heavy atom. The minimum atomic E-state index is -3.47. The number of hydrogen-bond acceptors (Lipinski definition) is 8. The molecule has 5 rings (SSSR count). The molecule has 2 aliphatic rings. The maximum absolute atomic E-state index is 12.7. The van der Waals surface area contributed by atoms with Crippen molar-refractivity contribution in [3.63, 3.8) is 0 Å². The Morgan fingerprint density at radius 1 is 1.09 bits per heavy atom. The number of carbonyl (C=O) groups is 1. The first-order chi connectivity index (χ1) is 15.5. The van der Waals surface area contributed by atoms with Gasteiger partial charge in [-0.15, -0.1) is 22.7 Å². The normalized spacial score (nSPS) is 17.2. The summed E-state index contributed by atoms with van der Waals surface area (Å²) >= 11 is 2.57. The van der Waals surface area contributed by atoms with E-state index in [2.05, 4.69) is 10.3 Å². The second kappa shape index (κ2) is 8.81. The number of amides is 1. The molecule has 0 radical (unpaired) electrons. The zero-order chi connectivity index (χ0) is 22.1. The molecule has 0 saturated carbocycles. The Hall–Kier alpha value is -2.47. The number of carbonyl (C=O) groups excluding carboxylic acids is 1. The van der Waals surface area contributed by atoms with Crippen molar-refractivity contribution in [2.45, 2.75) is 17.1 Å². The quantitative estimate of drug-likeness (QED) is 0.585. The van der Waals surface area contributed by atoms with Gasteiger partial charge in [-0.2, -0.15) is 4.31 Å². The molecule has 1 aromatic carbocycles. The van der Waals surface area contributed by atoms with Gasteiger partial charge in [0.25, 0.3) is 10.0 Å². The number of thiophene rings is 1. The fourth-order valence-corrected chi connectivity index (χ4v) is 7.11. The third-order valence-electron chi connectivity index (χ3n) is 5.49. The average molecular weight is 492 g/mol. The molecule has 1 N–H and O–H groups in total. The molecule has 0 spiro atoms. The molecule has 0 atom stereocenters. The third kappa shape index (κ3) is 4.25. The van der Waals surface area contributed by atoms with Gasteiger partial charge in [0.2, 0.25) is 5.91 Å². The SMILES string of the molecule is O=C(Nc1nc(-c2ccc3c(c2)OCCO3)cs1)C1CCN(S(=O)(=O)c2cccs2)CC1. The van der Waals surface area contributed by atoms with Crippen LogP contribution in [0.25, 0.3) is 11.3 Å². The van der Waals surface area contributed by atoms with Crippen LogP contribution in [0.15, 0.2) is 45.3 Å². The van der Waals surface area contributed by atoms with Crippen molar-refractivity contribution in [2.24, 2.45) is 5.92 Å². The van der Waals surface area contributed by atoms with E-state index in [1.54, 1.807) is 17.5 Å². The number of hydrogen-bond donors (Lipinski definition) is 1. The minimum Gasteiger partial charge on any atom is -0.486 e. The Morgan fingerprint density at radius 2 is 1.88 bits per heavy atom. The maximum atomic E-state index is 12.7. The first-order valence-electron chi connectivity index (χ1n) is 10.2.